The summed E-state index contributed by atoms with van der Waals surface area (Å²) in [5.74, 6) is 0. The first kappa shape index (κ1) is 12.9. The molecular formula is C14H20N2O2. The Balaban J connectivity index is 2.02. The summed E-state index contributed by atoms with van der Waals surface area (Å²) in [4.78, 5) is 18.2. The van der Waals surface area contributed by atoms with E-state index in [1.807, 2.05) is 39.0 Å². The molecular weight excluding hydrogens is 228 g/mol. The number of carbonyl (C=O) groups excluding carboxylic acids is 1. The fraction of sp³-hybridized carbons (Fsp3) is 0.571. The van der Waals surface area contributed by atoms with Gasteiger partial charge in [-0.25, -0.2) is 4.79 Å². The van der Waals surface area contributed by atoms with Crippen molar-refractivity contribution in [2.24, 2.45) is 0 Å². The van der Waals surface area contributed by atoms with Crippen molar-refractivity contribution in [3.8, 4) is 0 Å². The summed E-state index contributed by atoms with van der Waals surface area (Å²) in [6, 6.07) is 6.06. The van der Waals surface area contributed by atoms with Gasteiger partial charge in [0, 0.05) is 12.2 Å². The Bertz CT molecular complexity index is 408. The molecule has 0 spiro atoms. The fourth-order valence-electron chi connectivity index (χ4n) is 1.72. The predicted octanol–water partition coefficient (Wildman–Crippen LogP) is 2.98. The molecule has 0 saturated heterocycles. The van der Waals surface area contributed by atoms with E-state index in [1.165, 1.54) is 0 Å². The van der Waals surface area contributed by atoms with E-state index < -0.39 is 5.60 Å². The average molecular weight is 248 g/mol. The van der Waals surface area contributed by atoms with Crippen molar-refractivity contribution in [1.82, 2.24) is 9.88 Å². The van der Waals surface area contributed by atoms with Gasteiger partial charge in [0.05, 0.1) is 12.2 Å². The first-order chi connectivity index (χ1) is 8.46. The highest BCUT2D eigenvalue weighted by Crippen LogP contribution is 2.29. The van der Waals surface area contributed by atoms with Crippen LogP contribution in [0.1, 0.15) is 39.3 Å². The molecule has 1 aliphatic carbocycles. The smallest absolute Gasteiger partial charge is 0.410 e. The second-order valence-corrected chi connectivity index (χ2v) is 5.66. The molecule has 0 bridgehead atoms. The molecule has 0 unspecified atom stereocenters. The summed E-state index contributed by atoms with van der Waals surface area (Å²) in [7, 11) is 0. The van der Waals surface area contributed by atoms with E-state index in [1.54, 1.807) is 11.1 Å². The number of carbonyl (C=O) groups is 1. The first-order valence-electron chi connectivity index (χ1n) is 6.35. The standard InChI is InChI=1S/C14H20N2O2/c1-14(2,3)18-13(17)16(12-7-8-12)10-11-6-4-5-9-15-11/h4-6,9,12H,7-8,10H2,1-3H3. The Kier molecular flexibility index (Phi) is 3.55. The molecule has 4 heteroatoms. The Labute approximate surface area is 108 Å². The van der Waals surface area contributed by atoms with Gasteiger partial charge in [-0.2, -0.15) is 0 Å². The maximum atomic E-state index is 12.1. The third-order valence-corrected chi connectivity index (χ3v) is 2.67. The third-order valence-electron chi connectivity index (χ3n) is 2.67. The number of pyridine rings is 1. The van der Waals surface area contributed by atoms with E-state index in [-0.39, 0.29) is 6.09 Å². The minimum atomic E-state index is -0.450. The van der Waals surface area contributed by atoms with Crippen molar-refractivity contribution in [3.63, 3.8) is 0 Å². The SMILES string of the molecule is CC(C)(C)OC(=O)N(Cc1ccccn1)C1CC1. The topological polar surface area (TPSA) is 42.4 Å². The monoisotopic (exact) mass is 248 g/mol. The van der Waals surface area contributed by atoms with Crippen LogP contribution in [0, 0.1) is 0 Å². The van der Waals surface area contributed by atoms with Crippen LogP contribution in [0.4, 0.5) is 4.79 Å². The van der Waals surface area contributed by atoms with Gasteiger partial charge in [-0.1, -0.05) is 6.07 Å². The van der Waals surface area contributed by atoms with Crippen molar-refractivity contribution in [2.45, 2.75) is 51.8 Å². The van der Waals surface area contributed by atoms with Gasteiger partial charge in [-0.05, 0) is 45.7 Å². The van der Waals surface area contributed by atoms with Crippen molar-refractivity contribution >= 4 is 6.09 Å². The van der Waals surface area contributed by atoms with Crippen LogP contribution in [0.2, 0.25) is 0 Å². The van der Waals surface area contributed by atoms with E-state index in [0.717, 1.165) is 18.5 Å². The van der Waals surface area contributed by atoms with E-state index in [0.29, 0.717) is 12.6 Å². The van der Waals surface area contributed by atoms with E-state index >= 15 is 0 Å². The lowest BCUT2D eigenvalue weighted by Crippen LogP contribution is -2.38. The molecule has 1 aromatic rings. The number of amides is 1. The molecule has 2 rings (SSSR count). The highest BCUT2D eigenvalue weighted by molar-refractivity contribution is 5.69. The minimum Gasteiger partial charge on any atom is -0.444 e. The van der Waals surface area contributed by atoms with Gasteiger partial charge in [0.1, 0.15) is 5.60 Å². The lowest BCUT2D eigenvalue weighted by molar-refractivity contribution is 0.0214. The van der Waals surface area contributed by atoms with Crippen LogP contribution in [0.15, 0.2) is 24.4 Å². The summed E-state index contributed by atoms with van der Waals surface area (Å²) in [5.41, 5.74) is 0.448. The van der Waals surface area contributed by atoms with Crippen LogP contribution in [0.25, 0.3) is 0 Å². The van der Waals surface area contributed by atoms with Gasteiger partial charge in [-0.3, -0.25) is 9.88 Å². The number of nitrogens with zero attached hydrogens (tertiary/aromatic N) is 2. The lowest BCUT2D eigenvalue weighted by atomic mass is 10.2. The van der Waals surface area contributed by atoms with E-state index in [4.69, 9.17) is 4.74 Å². The van der Waals surface area contributed by atoms with Gasteiger partial charge in [0.15, 0.2) is 0 Å². The highest BCUT2D eigenvalue weighted by Gasteiger charge is 2.35. The van der Waals surface area contributed by atoms with Gasteiger partial charge >= 0.3 is 6.09 Å². The predicted molar refractivity (Wildman–Crippen MR) is 69.0 cm³/mol. The van der Waals surface area contributed by atoms with Gasteiger partial charge < -0.3 is 4.74 Å². The molecule has 18 heavy (non-hydrogen) atoms. The summed E-state index contributed by atoms with van der Waals surface area (Å²) < 4.78 is 5.43. The molecule has 1 fully saturated rings. The second kappa shape index (κ2) is 4.96. The van der Waals surface area contributed by atoms with Crippen LogP contribution >= 0.6 is 0 Å². The molecule has 0 aliphatic heterocycles. The largest absolute Gasteiger partial charge is 0.444 e. The Hall–Kier alpha value is -1.58. The maximum Gasteiger partial charge on any atom is 0.410 e. The molecule has 4 nitrogen and oxygen atoms in total. The van der Waals surface area contributed by atoms with Crippen LogP contribution in [-0.4, -0.2) is 27.6 Å². The molecule has 0 aromatic carbocycles. The molecule has 1 saturated carbocycles. The summed E-state index contributed by atoms with van der Waals surface area (Å²) in [6.45, 7) is 6.19. The third kappa shape index (κ3) is 3.72. The van der Waals surface area contributed by atoms with Crippen molar-refractivity contribution in [3.05, 3.63) is 30.1 Å². The number of aromatic nitrogens is 1. The first-order valence-corrected chi connectivity index (χ1v) is 6.35. The van der Waals surface area contributed by atoms with Crippen LogP contribution in [0.3, 0.4) is 0 Å². The van der Waals surface area contributed by atoms with Crippen molar-refractivity contribution in [1.29, 1.82) is 0 Å². The summed E-state index contributed by atoms with van der Waals surface area (Å²) >= 11 is 0. The van der Waals surface area contributed by atoms with Crippen LogP contribution < -0.4 is 0 Å². The summed E-state index contributed by atoms with van der Waals surface area (Å²) in [6.07, 6.45) is 3.63. The highest BCUT2D eigenvalue weighted by atomic mass is 16.6. The minimum absolute atomic E-state index is 0.240. The Morgan fingerprint density at radius 2 is 2.17 bits per heavy atom. The van der Waals surface area contributed by atoms with Gasteiger partial charge in [0.25, 0.3) is 0 Å². The zero-order valence-corrected chi connectivity index (χ0v) is 11.2. The van der Waals surface area contributed by atoms with Crippen molar-refractivity contribution in [2.75, 3.05) is 0 Å². The number of hydrogen-bond donors (Lipinski definition) is 0. The molecule has 1 heterocycles. The Morgan fingerprint density at radius 1 is 1.44 bits per heavy atom. The normalized spacial score (nSPS) is 15.3. The molecule has 98 valence electrons. The zero-order valence-electron chi connectivity index (χ0n) is 11.2. The summed E-state index contributed by atoms with van der Waals surface area (Å²) in [5, 5.41) is 0. The molecule has 0 radical (unpaired) electrons. The van der Waals surface area contributed by atoms with Gasteiger partial charge in [-0.15, -0.1) is 0 Å². The Morgan fingerprint density at radius 3 is 2.67 bits per heavy atom. The van der Waals surface area contributed by atoms with E-state index in [2.05, 4.69) is 4.98 Å². The molecule has 0 N–H and O–H groups in total. The van der Waals surface area contributed by atoms with E-state index in [9.17, 15) is 4.79 Å². The molecule has 0 atom stereocenters. The molecule has 1 aromatic heterocycles. The van der Waals surface area contributed by atoms with Crippen LogP contribution in [0.5, 0.6) is 0 Å². The maximum absolute atomic E-state index is 12.1. The lowest BCUT2D eigenvalue weighted by Gasteiger charge is -2.27. The van der Waals surface area contributed by atoms with Crippen molar-refractivity contribution < 1.29 is 9.53 Å². The number of ether oxygens (including phenoxy) is 1. The molecule has 1 amide bonds. The quantitative estimate of drug-likeness (QED) is 0.825. The van der Waals surface area contributed by atoms with Gasteiger partial charge in [0.2, 0.25) is 0 Å². The fourth-order valence-corrected chi connectivity index (χ4v) is 1.72. The average Bonchev–Trinajstić information content (AvgIpc) is 3.08. The zero-order chi connectivity index (χ0) is 13.2. The second-order valence-electron chi connectivity index (χ2n) is 5.66. The number of hydrogen-bond acceptors (Lipinski definition) is 3. The van der Waals surface area contributed by atoms with Crippen LogP contribution in [-0.2, 0) is 11.3 Å². The number of rotatable bonds is 3. The molecule has 1 aliphatic rings.